The molecule has 0 unspecified atom stereocenters. The lowest BCUT2D eigenvalue weighted by Gasteiger charge is -1.96. The minimum atomic E-state index is 0.428. The van der Waals surface area contributed by atoms with Gasteiger partial charge in [-0.15, -0.1) is 11.3 Å². The van der Waals surface area contributed by atoms with E-state index < -0.39 is 0 Å². The van der Waals surface area contributed by atoms with Crippen LogP contribution in [0.3, 0.4) is 0 Å². The normalized spacial score (nSPS) is 10.3. The fraction of sp³-hybridized carbons (Fsp3) is 0. The monoisotopic (exact) mass is 331 g/mol. The fourth-order valence-electron chi connectivity index (χ4n) is 1.59. The molecule has 0 spiro atoms. The van der Waals surface area contributed by atoms with E-state index >= 15 is 0 Å². The lowest BCUT2D eigenvalue weighted by molar-refractivity contribution is 0.433. The summed E-state index contributed by atoms with van der Waals surface area (Å²) >= 11 is 4.78. The summed E-state index contributed by atoms with van der Waals surface area (Å²) < 4.78 is 6.15. The summed E-state index contributed by atoms with van der Waals surface area (Å²) in [6, 6.07) is 13.3. The van der Waals surface area contributed by atoms with Crippen LogP contribution in [0, 0.1) is 11.3 Å². The van der Waals surface area contributed by atoms with Gasteiger partial charge in [0.05, 0.1) is 4.88 Å². The molecular weight excluding hydrogens is 326 g/mol. The van der Waals surface area contributed by atoms with Gasteiger partial charge in [-0.25, -0.2) is 0 Å². The number of halogens is 1. The highest BCUT2D eigenvalue weighted by molar-refractivity contribution is 9.10. The molecule has 2 aromatic heterocycles. The maximum atomic E-state index is 8.81. The molecule has 0 aliphatic rings. The molecule has 0 saturated carbocycles. The highest BCUT2D eigenvalue weighted by Gasteiger charge is 2.14. The smallest absolute Gasteiger partial charge is 0.268 e. The molecule has 3 rings (SSSR count). The molecule has 0 amide bonds. The van der Waals surface area contributed by atoms with Gasteiger partial charge in [-0.3, -0.25) is 0 Å². The first-order valence-corrected chi connectivity index (χ1v) is 6.98. The third-order valence-electron chi connectivity index (χ3n) is 2.47. The van der Waals surface area contributed by atoms with Crippen LogP contribution < -0.4 is 0 Å². The second-order valence-corrected chi connectivity index (χ2v) is 5.62. The van der Waals surface area contributed by atoms with Crippen molar-refractivity contribution < 1.29 is 4.52 Å². The van der Waals surface area contributed by atoms with E-state index in [1.807, 2.05) is 24.3 Å². The summed E-state index contributed by atoms with van der Waals surface area (Å²) in [5.74, 6) is 0.951. The Morgan fingerprint density at radius 3 is 2.79 bits per heavy atom. The minimum absolute atomic E-state index is 0.428. The van der Waals surface area contributed by atoms with Crippen molar-refractivity contribution in [2.45, 2.75) is 0 Å². The second kappa shape index (κ2) is 4.96. The van der Waals surface area contributed by atoms with Crippen molar-refractivity contribution in [1.29, 1.82) is 5.26 Å². The minimum Gasteiger partial charge on any atom is -0.333 e. The van der Waals surface area contributed by atoms with E-state index in [4.69, 9.17) is 9.78 Å². The van der Waals surface area contributed by atoms with Crippen LogP contribution in [0.4, 0.5) is 0 Å². The number of nitrogens with zero attached hydrogens (tertiary/aromatic N) is 3. The Balaban J connectivity index is 2.00. The average Bonchev–Trinajstić information content (AvgIpc) is 3.08. The number of thiophene rings is 1. The van der Waals surface area contributed by atoms with Gasteiger partial charge in [0, 0.05) is 10.0 Å². The molecule has 0 atom stereocenters. The first-order chi connectivity index (χ1) is 9.28. The SMILES string of the molecule is N#Cc1ccc(-c2nc(-c3ccccc3Br)no2)s1. The van der Waals surface area contributed by atoms with Gasteiger partial charge in [0.15, 0.2) is 0 Å². The van der Waals surface area contributed by atoms with Gasteiger partial charge in [0.25, 0.3) is 5.89 Å². The van der Waals surface area contributed by atoms with Crippen molar-refractivity contribution >= 4 is 27.3 Å². The second-order valence-electron chi connectivity index (χ2n) is 3.68. The zero-order valence-corrected chi connectivity index (χ0v) is 11.9. The van der Waals surface area contributed by atoms with Crippen LogP contribution in [0.5, 0.6) is 0 Å². The molecule has 6 heteroatoms. The van der Waals surface area contributed by atoms with Crippen molar-refractivity contribution in [3.63, 3.8) is 0 Å². The van der Waals surface area contributed by atoms with E-state index in [0.717, 1.165) is 14.9 Å². The highest BCUT2D eigenvalue weighted by atomic mass is 79.9. The summed E-state index contributed by atoms with van der Waals surface area (Å²) in [4.78, 5) is 5.77. The maximum absolute atomic E-state index is 8.81. The van der Waals surface area contributed by atoms with E-state index in [9.17, 15) is 0 Å². The van der Waals surface area contributed by atoms with Gasteiger partial charge in [-0.1, -0.05) is 33.2 Å². The molecule has 0 saturated heterocycles. The van der Waals surface area contributed by atoms with E-state index in [1.54, 1.807) is 12.1 Å². The van der Waals surface area contributed by atoms with E-state index in [2.05, 4.69) is 32.1 Å². The number of aromatic nitrogens is 2. The van der Waals surface area contributed by atoms with Gasteiger partial charge in [0.2, 0.25) is 5.82 Å². The van der Waals surface area contributed by atoms with Gasteiger partial charge >= 0.3 is 0 Å². The molecular formula is C13H6BrN3OS. The van der Waals surface area contributed by atoms with Gasteiger partial charge in [-0.05, 0) is 24.3 Å². The first kappa shape index (κ1) is 12.1. The van der Waals surface area contributed by atoms with Crippen molar-refractivity contribution in [3.05, 3.63) is 45.7 Å². The van der Waals surface area contributed by atoms with Crippen LogP contribution in [-0.2, 0) is 0 Å². The Kier molecular flexibility index (Phi) is 3.15. The van der Waals surface area contributed by atoms with Crippen LogP contribution in [-0.4, -0.2) is 10.1 Å². The van der Waals surface area contributed by atoms with Crippen LogP contribution >= 0.6 is 27.3 Å². The fourth-order valence-corrected chi connectivity index (χ4v) is 2.78. The molecule has 2 heterocycles. The Bertz CT molecular complexity index is 772. The maximum Gasteiger partial charge on any atom is 0.268 e. The van der Waals surface area contributed by atoms with E-state index in [-0.39, 0.29) is 0 Å². The molecule has 0 radical (unpaired) electrons. The molecule has 0 aliphatic carbocycles. The average molecular weight is 332 g/mol. The number of nitriles is 1. The summed E-state index contributed by atoms with van der Waals surface area (Å²) in [6.07, 6.45) is 0. The number of hydrogen-bond donors (Lipinski definition) is 0. The number of rotatable bonds is 2. The van der Waals surface area contributed by atoms with Crippen LogP contribution in [0.1, 0.15) is 4.88 Å². The van der Waals surface area contributed by atoms with Gasteiger partial charge in [-0.2, -0.15) is 10.2 Å². The predicted octanol–water partition coefficient (Wildman–Crippen LogP) is 4.10. The molecule has 0 N–H and O–H groups in total. The zero-order valence-electron chi connectivity index (χ0n) is 9.50. The Morgan fingerprint density at radius 1 is 1.21 bits per heavy atom. The Hall–Kier alpha value is -1.97. The molecule has 0 fully saturated rings. The molecule has 19 heavy (non-hydrogen) atoms. The van der Waals surface area contributed by atoms with Crippen LogP contribution in [0.15, 0.2) is 45.4 Å². The Morgan fingerprint density at radius 2 is 2.05 bits per heavy atom. The largest absolute Gasteiger partial charge is 0.333 e. The molecule has 4 nitrogen and oxygen atoms in total. The first-order valence-electron chi connectivity index (χ1n) is 5.37. The summed E-state index contributed by atoms with van der Waals surface area (Å²) in [5.41, 5.74) is 0.870. The van der Waals surface area contributed by atoms with Crippen LogP contribution in [0.25, 0.3) is 22.2 Å². The topological polar surface area (TPSA) is 62.7 Å². The summed E-state index contributed by atoms with van der Waals surface area (Å²) in [6.45, 7) is 0. The highest BCUT2D eigenvalue weighted by Crippen LogP contribution is 2.30. The van der Waals surface area contributed by atoms with Gasteiger partial charge < -0.3 is 4.52 Å². The molecule has 92 valence electrons. The van der Waals surface area contributed by atoms with E-state index in [1.165, 1.54) is 11.3 Å². The number of hydrogen-bond acceptors (Lipinski definition) is 5. The quantitative estimate of drug-likeness (QED) is 0.709. The summed E-state index contributed by atoms with van der Waals surface area (Å²) in [7, 11) is 0. The summed E-state index contributed by atoms with van der Waals surface area (Å²) in [5, 5.41) is 12.8. The molecule has 0 bridgehead atoms. The standard InChI is InChI=1S/C13H6BrN3OS/c14-10-4-2-1-3-9(10)12-16-13(18-17-12)11-6-5-8(7-15)19-11/h1-6H. The van der Waals surface area contributed by atoms with Crippen LogP contribution in [0.2, 0.25) is 0 Å². The number of benzene rings is 1. The van der Waals surface area contributed by atoms with Crippen molar-refractivity contribution in [3.8, 4) is 28.2 Å². The lowest BCUT2D eigenvalue weighted by Crippen LogP contribution is -1.81. The third-order valence-corrected chi connectivity index (χ3v) is 4.14. The van der Waals surface area contributed by atoms with E-state index in [0.29, 0.717) is 16.6 Å². The third kappa shape index (κ3) is 2.30. The van der Waals surface area contributed by atoms with Gasteiger partial charge in [0.1, 0.15) is 10.9 Å². The lowest BCUT2D eigenvalue weighted by atomic mass is 10.2. The molecule has 1 aromatic carbocycles. The van der Waals surface area contributed by atoms with Crippen molar-refractivity contribution in [1.82, 2.24) is 10.1 Å². The Labute approximate surface area is 121 Å². The van der Waals surface area contributed by atoms with Crippen molar-refractivity contribution in [2.75, 3.05) is 0 Å². The molecule has 0 aliphatic heterocycles. The predicted molar refractivity (Wildman–Crippen MR) is 75.5 cm³/mol. The molecule has 3 aromatic rings. The van der Waals surface area contributed by atoms with Crippen molar-refractivity contribution in [2.24, 2.45) is 0 Å². The zero-order chi connectivity index (χ0) is 13.2.